The summed E-state index contributed by atoms with van der Waals surface area (Å²) in [6.45, 7) is 0.920. The summed E-state index contributed by atoms with van der Waals surface area (Å²) in [6.07, 6.45) is 0.719. The minimum Gasteiger partial charge on any atom is -0.481 e. The quantitative estimate of drug-likeness (QED) is 0.0770. The fourth-order valence-electron chi connectivity index (χ4n) is 4.01. The molecule has 2 aromatic heterocycles. The van der Waals surface area contributed by atoms with Crippen LogP contribution in [0.4, 0.5) is 5.82 Å². The molecule has 6 unspecified atom stereocenters. The van der Waals surface area contributed by atoms with E-state index in [1.807, 2.05) is 0 Å². The number of ether oxygens (including phenoxy) is 1. The SMILES string of the molecule is NCCCC#CC[S+](CCC(N)C(=O)O)CC1OC(n2cnc3c(NCCCC(=O)O)ncnc32)C(O)C1O. The van der Waals surface area contributed by atoms with E-state index in [9.17, 15) is 19.8 Å². The van der Waals surface area contributed by atoms with E-state index in [1.165, 1.54) is 17.2 Å². The van der Waals surface area contributed by atoms with Gasteiger partial charge in [0.15, 0.2) is 29.0 Å². The van der Waals surface area contributed by atoms with Gasteiger partial charge in [0, 0.05) is 36.7 Å². The number of hydrogen-bond donors (Lipinski definition) is 7. The van der Waals surface area contributed by atoms with Crippen molar-refractivity contribution in [2.24, 2.45) is 11.5 Å². The van der Waals surface area contributed by atoms with Crippen LogP contribution in [0.15, 0.2) is 12.7 Å². The van der Waals surface area contributed by atoms with E-state index in [1.54, 1.807) is 0 Å². The van der Waals surface area contributed by atoms with Crippen molar-refractivity contribution < 1.29 is 34.8 Å². The Bertz CT molecular complexity index is 1170. The minimum absolute atomic E-state index is 0.0141. The number of carbonyl (C=O) groups is 2. The number of nitrogens with zero attached hydrogens (tertiary/aromatic N) is 4. The number of fused-ring (bicyclic) bond motifs is 1. The van der Waals surface area contributed by atoms with Gasteiger partial charge in [-0.2, -0.15) is 0 Å². The summed E-state index contributed by atoms with van der Waals surface area (Å²) in [5.41, 5.74) is 12.0. The molecule has 0 saturated carbocycles. The lowest BCUT2D eigenvalue weighted by Gasteiger charge is -2.16. The molecule has 0 radical (unpaired) electrons. The molecule has 15 heteroatoms. The second-order valence-electron chi connectivity index (χ2n) is 9.12. The summed E-state index contributed by atoms with van der Waals surface area (Å²) >= 11 is 0. The number of unbranched alkanes of at least 4 members (excludes halogenated alkanes) is 1. The molecule has 14 nitrogen and oxygen atoms in total. The number of nitrogens with one attached hydrogen (secondary N) is 1. The maximum atomic E-state index is 11.2. The number of aliphatic carboxylic acids is 2. The molecule has 0 aromatic carbocycles. The molecule has 1 aliphatic heterocycles. The Kier molecular flexibility index (Phi) is 11.7. The van der Waals surface area contributed by atoms with Crippen molar-refractivity contribution in [3.05, 3.63) is 12.7 Å². The largest absolute Gasteiger partial charge is 0.481 e. The van der Waals surface area contributed by atoms with Crippen LogP contribution in [-0.4, -0.2) is 107 Å². The summed E-state index contributed by atoms with van der Waals surface area (Å²) in [6, 6.07) is -0.998. The molecule has 3 rings (SSSR count). The first-order chi connectivity index (χ1) is 18.7. The summed E-state index contributed by atoms with van der Waals surface area (Å²) in [4.78, 5) is 34.7. The lowest BCUT2D eigenvalue weighted by atomic mass is 10.1. The number of carboxylic acids is 2. The van der Waals surface area contributed by atoms with Gasteiger partial charge in [-0.15, -0.1) is 0 Å². The zero-order valence-electron chi connectivity index (χ0n) is 21.5. The smallest absolute Gasteiger partial charge is 0.320 e. The van der Waals surface area contributed by atoms with Crippen LogP contribution in [0.5, 0.6) is 0 Å². The van der Waals surface area contributed by atoms with Crippen LogP contribution in [-0.2, 0) is 25.2 Å². The van der Waals surface area contributed by atoms with Crippen LogP contribution in [0.3, 0.4) is 0 Å². The van der Waals surface area contributed by atoms with Crippen LogP contribution in [0.2, 0.25) is 0 Å². The third-order valence-corrected chi connectivity index (χ3v) is 8.34. The van der Waals surface area contributed by atoms with Crippen molar-refractivity contribution in [1.29, 1.82) is 0 Å². The highest BCUT2D eigenvalue weighted by atomic mass is 32.2. The number of carboxylic acid groups (broad SMARTS) is 2. The number of rotatable bonds is 15. The van der Waals surface area contributed by atoms with Crippen molar-refractivity contribution in [2.45, 2.75) is 62.7 Å². The number of anilines is 1. The van der Waals surface area contributed by atoms with Crippen molar-refractivity contribution >= 4 is 39.8 Å². The van der Waals surface area contributed by atoms with Crippen molar-refractivity contribution in [3.8, 4) is 11.8 Å². The van der Waals surface area contributed by atoms with Gasteiger partial charge < -0.3 is 41.9 Å². The predicted molar refractivity (Wildman–Crippen MR) is 145 cm³/mol. The van der Waals surface area contributed by atoms with Gasteiger partial charge in [-0.05, 0) is 25.3 Å². The highest BCUT2D eigenvalue weighted by Gasteiger charge is 2.47. The normalized spacial score (nSPS) is 22.3. The number of imidazole rings is 1. The molecule has 1 saturated heterocycles. The van der Waals surface area contributed by atoms with Crippen LogP contribution >= 0.6 is 0 Å². The van der Waals surface area contributed by atoms with E-state index in [0.717, 1.165) is 6.42 Å². The van der Waals surface area contributed by atoms with Gasteiger partial charge in [0.2, 0.25) is 0 Å². The molecule has 6 atom stereocenters. The summed E-state index contributed by atoms with van der Waals surface area (Å²) in [5, 5.41) is 42.7. The molecule has 1 fully saturated rings. The van der Waals surface area contributed by atoms with Gasteiger partial charge in [-0.1, -0.05) is 5.92 Å². The topological polar surface area (TPSA) is 232 Å². The zero-order valence-corrected chi connectivity index (χ0v) is 22.3. The second kappa shape index (κ2) is 15.0. The molecule has 3 heterocycles. The average molecular weight is 567 g/mol. The van der Waals surface area contributed by atoms with Gasteiger partial charge in [0.05, 0.1) is 6.33 Å². The minimum atomic E-state index is -1.27. The second-order valence-corrected chi connectivity index (χ2v) is 11.4. The molecule has 0 bridgehead atoms. The van der Waals surface area contributed by atoms with E-state index in [-0.39, 0.29) is 12.8 Å². The monoisotopic (exact) mass is 566 g/mol. The first kappa shape index (κ1) is 30.5. The molecular formula is C24H36N7O7S+. The molecule has 214 valence electrons. The van der Waals surface area contributed by atoms with E-state index in [4.69, 9.17) is 26.4 Å². The van der Waals surface area contributed by atoms with Crippen LogP contribution in [0.1, 0.15) is 38.3 Å². The zero-order chi connectivity index (χ0) is 28.4. The predicted octanol–water partition coefficient (Wildman–Crippen LogP) is -1.12. The molecule has 0 amide bonds. The Labute approximate surface area is 228 Å². The Morgan fingerprint density at radius 3 is 2.69 bits per heavy atom. The maximum absolute atomic E-state index is 11.2. The van der Waals surface area contributed by atoms with Gasteiger partial charge in [-0.25, -0.2) is 15.0 Å². The Morgan fingerprint density at radius 2 is 1.97 bits per heavy atom. The molecule has 2 aromatic rings. The highest BCUT2D eigenvalue weighted by molar-refractivity contribution is 7.97. The number of aromatic nitrogens is 4. The van der Waals surface area contributed by atoms with Gasteiger partial charge >= 0.3 is 11.9 Å². The standard InChI is InChI=1S/C24H35N7O7S/c25-8-3-1-2-4-10-39(11-7-15(26)24(36)37)12-16-19(34)20(35)23(38-16)31-14-30-18-21(28-13-29-22(18)31)27-9-5-6-17(32)33/h13-16,19-20,23,34-35H,1,3,5-12,25-26H2,(H2-,27,28,29,32,33,36,37)/p+1. The fourth-order valence-corrected chi connectivity index (χ4v) is 6.07. The van der Waals surface area contributed by atoms with Gasteiger partial charge in [0.1, 0.15) is 42.2 Å². The number of hydrogen-bond acceptors (Lipinski definition) is 11. The highest BCUT2D eigenvalue weighted by Crippen LogP contribution is 2.33. The average Bonchev–Trinajstić information content (AvgIpc) is 3.45. The Morgan fingerprint density at radius 1 is 1.18 bits per heavy atom. The Hall–Kier alpha value is -3.00. The first-order valence-corrected chi connectivity index (χ1v) is 14.4. The van der Waals surface area contributed by atoms with Crippen LogP contribution < -0.4 is 16.8 Å². The maximum Gasteiger partial charge on any atom is 0.320 e. The lowest BCUT2D eigenvalue weighted by molar-refractivity contribution is -0.139. The van der Waals surface area contributed by atoms with Crippen molar-refractivity contribution in [2.75, 3.05) is 35.7 Å². The number of nitrogens with two attached hydrogens (primary N) is 2. The van der Waals surface area contributed by atoms with Gasteiger partial charge in [-0.3, -0.25) is 14.2 Å². The summed E-state index contributed by atoms with van der Waals surface area (Å²) in [5.74, 6) is 5.98. The van der Waals surface area contributed by atoms with Gasteiger partial charge in [0.25, 0.3) is 0 Å². The fraction of sp³-hybridized carbons (Fsp3) is 0.625. The molecule has 39 heavy (non-hydrogen) atoms. The molecular weight excluding hydrogens is 530 g/mol. The van der Waals surface area contributed by atoms with E-state index in [0.29, 0.717) is 60.2 Å². The lowest BCUT2D eigenvalue weighted by Crippen LogP contribution is -2.38. The van der Waals surface area contributed by atoms with Crippen LogP contribution in [0, 0.1) is 11.8 Å². The van der Waals surface area contributed by atoms with E-state index >= 15 is 0 Å². The summed E-state index contributed by atoms with van der Waals surface area (Å²) < 4.78 is 7.63. The van der Waals surface area contributed by atoms with E-state index < -0.39 is 53.4 Å². The number of aliphatic hydroxyl groups is 2. The Balaban J connectivity index is 1.71. The third-order valence-electron chi connectivity index (χ3n) is 6.17. The van der Waals surface area contributed by atoms with Crippen LogP contribution in [0.25, 0.3) is 11.2 Å². The third kappa shape index (κ3) is 8.49. The first-order valence-electron chi connectivity index (χ1n) is 12.7. The molecule has 1 aliphatic rings. The number of aliphatic hydroxyl groups excluding tert-OH is 2. The molecule has 0 aliphatic carbocycles. The van der Waals surface area contributed by atoms with Crippen molar-refractivity contribution in [1.82, 2.24) is 19.5 Å². The molecule has 0 spiro atoms. The summed E-state index contributed by atoms with van der Waals surface area (Å²) in [7, 11) is -0.440. The van der Waals surface area contributed by atoms with Crippen molar-refractivity contribution in [3.63, 3.8) is 0 Å². The molecule has 9 N–H and O–H groups in total. The van der Waals surface area contributed by atoms with E-state index in [2.05, 4.69) is 32.1 Å².